The van der Waals surface area contributed by atoms with Crippen LogP contribution in [0.1, 0.15) is 11.5 Å². The zero-order valence-corrected chi connectivity index (χ0v) is 11.0. The van der Waals surface area contributed by atoms with E-state index in [-0.39, 0.29) is 0 Å². The van der Waals surface area contributed by atoms with Crippen molar-refractivity contribution in [1.29, 1.82) is 0 Å². The quantitative estimate of drug-likeness (QED) is 0.834. The molecule has 2 heterocycles. The molecule has 0 bridgehead atoms. The highest BCUT2D eigenvalue weighted by molar-refractivity contribution is 6.29. The summed E-state index contributed by atoms with van der Waals surface area (Å²) in [5, 5.41) is 7.66. The molecule has 0 spiro atoms. The number of rotatable bonds is 5. The fourth-order valence-corrected chi connectivity index (χ4v) is 1.71. The van der Waals surface area contributed by atoms with Crippen LogP contribution in [0.2, 0.25) is 5.15 Å². The molecule has 7 heteroatoms. The van der Waals surface area contributed by atoms with Gasteiger partial charge in [-0.1, -0.05) is 11.6 Å². The fraction of sp³-hybridized carbons (Fsp3) is 0.364. The average Bonchev–Trinajstić information content (AvgIpc) is 2.72. The van der Waals surface area contributed by atoms with Gasteiger partial charge in [-0.15, -0.1) is 0 Å². The summed E-state index contributed by atoms with van der Waals surface area (Å²) in [5.41, 5.74) is 1.05. The lowest BCUT2D eigenvalue weighted by Gasteiger charge is -2.07. The van der Waals surface area contributed by atoms with Crippen LogP contribution in [-0.2, 0) is 24.9 Å². The van der Waals surface area contributed by atoms with Gasteiger partial charge in [0.05, 0.1) is 12.2 Å². The first-order chi connectivity index (χ1) is 8.69. The van der Waals surface area contributed by atoms with Crippen LogP contribution in [0.4, 0.5) is 5.82 Å². The fourth-order valence-electron chi connectivity index (χ4n) is 1.50. The molecule has 1 N–H and O–H groups in total. The van der Waals surface area contributed by atoms with Crippen molar-refractivity contribution in [2.24, 2.45) is 7.05 Å². The van der Waals surface area contributed by atoms with Gasteiger partial charge in [0.2, 0.25) is 0 Å². The summed E-state index contributed by atoms with van der Waals surface area (Å²) in [5.74, 6) is 1.22. The van der Waals surface area contributed by atoms with Crippen LogP contribution in [0, 0.1) is 0 Å². The first-order valence-corrected chi connectivity index (χ1v) is 5.80. The normalized spacial score (nSPS) is 10.6. The average molecular weight is 268 g/mol. The Labute approximate surface area is 110 Å². The number of nitrogens with zero attached hydrogens (tertiary/aromatic N) is 4. The van der Waals surface area contributed by atoms with Gasteiger partial charge < -0.3 is 10.1 Å². The molecule has 0 unspecified atom stereocenters. The van der Waals surface area contributed by atoms with E-state index in [9.17, 15) is 0 Å². The molecule has 18 heavy (non-hydrogen) atoms. The molecule has 2 aromatic heterocycles. The van der Waals surface area contributed by atoms with E-state index >= 15 is 0 Å². The van der Waals surface area contributed by atoms with Gasteiger partial charge in [-0.2, -0.15) is 5.10 Å². The molecular formula is C11H14ClN5O. The van der Waals surface area contributed by atoms with Crippen LogP contribution in [0.25, 0.3) is 0 Å². The van der Waals surface area contributed by atoms with E-state index in [4.69, 9.17) is 16.3 Å². The number of aromatic nitrogens is 4. The molecule has 2 rings (SSSR count). The smallest absolute Gasteiger partial charge is 0.158 e. The largest absolute Gasteiger partial charge is 0.377 e. The predicted octanol–water partition coefficient (Wildman–Crippen LogP) is 1.62. The SMILES string of the molecule is COCc1nc(Cl)cc(NCc2ccnn2C)n1. The minimum atomic E-state index is 0.334. The van der Waals surface area contributed by atoms with E-state index in [0.717, 1.165) is 5.69 Å². The van der Waals surface area contributed by atoms with Crippen molar-refractivity contribution in [3.8, 4) is 0 Å². The molecular weight excluding hydrogens is 254 g/mol. The van der Waals surface area contributed by atoms with Crippen LogP contribution in [0.3, 0.4) is 0 Å². The van der Waals surface area contributed by atoms with Gasteiger partial charge in [0.1, 0.15) is 17.6 Å². The van der Waals surface area contributed by atoms with E-state index in [0.29, 0.717) is 29.9 Å². The van der Waals surface area contributed by atoms with Gasteiger partial charge in [0.15, 0.2) is 5.82 Å². The van der Waals surface area contributed by atoms with Crippen molar-refractivity contribution in [3.05, 3.63) is 35.0 Å². The predicted molar refractivity (Wildman–Crippen MR) is 68.3 cm³/mol. The number of hydrogen-bond donors (Lipinski definition) is 1. The number of halogens is 1. The zero-order valence-electron chi connectivity index (χ0n) is 10.2. The van der Waals surface area contributed by atoms with E-state index in [1.165, 1.54) is 0 Å². The number of hydrogen-bond acceptors (Lipinski definition) is 5. The summed E-state index contributed by atoms with van der Waals surface area (Å²) < 4.78 is 6.78. The van der Waals surface area contributed by atoms with Crippen LogP contribution >= 0.6 is 11.6 Å². The van der Waals surface area contributed by atoms with Gasteiger partial charge >= 0.3 is 0 Å². The van der Waals surface area contributed by atoms with Gasteiger partial charge in [-0.25, -0.2) is 9.97 Å². The standard InChI is InChI=1S/C11H14ClN5O/c1-17-8(3-4-14-17)6-13-10-5-9(12)15-11(16-10)7-18-2/h3-5H,6-7H2,1-2H3,(H,13,15,16). The lowest BCUT2D eigenvalue weighted by Crippen LogP contribution is -2.08. The lowest BCUT2D eigenvalue weighted by atomic mass is 10.4. The number of aryl methyl sites for hydroxylation is 1. The van der Waals surface area contributed by atoms with Crippen molar-refractivity contribution in [2.45, 2.75) is 13.2 Å². The van der Waals surface area contributed by atoms with Crippen LogP contribution < -0.4 is 5.32 Å². The highest BCUT2D eigenvalue weighted by Gasteiger charge is 2.04. The minimum Gasteiger partial charge on any atom is -0.377 e. The minimum absolute atomic E-state index is 0.334. The molecule has 0 aliphatic heterocycles. The monoisotopic (exact) mass is 267 g/mol. The van der Waals surface area contributed by atoms with Gasteiger partial charge in [-0.3, -0.25) is 4.68 Å². The Morgan fingerprint density at radius 2 is 2.28 bits per heavy atom. The van der Waals surface area contributed by atoms with Crippen molar-refractivity contribution < 1.29 is 4.74 Å². The zero-order chi connectivity index (χ0) is 13.0. The maximum atomic E-state index is 5.91. The molecule has 0 aliphatic carbocycles. The summed E-state index contributed by atoms with van der Waals surface area (Å²) in [6.07, 6.45) is 1.75. The van der Waals surface area contributed by atoms with E-state index < -0.39 is 0 Å². The molecule has 0 saturated heterocycles. The van der Waals surface area contributed by atoms with Gasteiger partial charge in [0.25, 0.3) is 0 Å². The second-order valence-corrected chi connectivity index (χ2v) is 4.11. The Hall–Kier alpha value is -1.66. The molecule has 6 nitrogen and oxygen atoms in total. The summed E-state index contributed by atoms with van der Waals surface area (Å²) in [6, 6.07) is 3.61. The molecule has 0 atom stereocenters. The second-order valence-electron chi connectivity index (χ2n) is 3.72. The number of anilines is 1. The van der Waals surface area contributed by atoms with Crippen molar-refractivity contribution >= 4 is 17.4 Å². The number of methoxy groups -OCH3 is 1. The Bertz CT molecular complexity index is 528. The van der Waals surface area contributed by atoms with E-state index in [2.05, 4.69) is 20.4 Å². The molecule has 96 valence electrons. The second kappa shape index (κ2) is 5.79. The molecule has 0 amide bonds. The molecule has 0 saturated carbocycles. The number of nitrogens with one attached hydrogen (secondary N) is 1. The highest BCUT2D eigenvalue weighted by atomic mass is 35.5. The Morgan fingerprint density at radius 1 is 1.44 bits per heavy atom. The first-order valence-electron chi connectivity index (χ1n) is 5.42. The van der Waals surface area contributed by atoms with Crippen LogP contribution in [0.15, 0.2) is 18.3 Å². The summed E-state index contributed by atoms with van der Waals surface area (Å²) in [6.45, 7) is 0.956. The van der Waals surface area contributed by atoms with Crippen LogP contribution in [-0.4, -0.2) is 26.9 Å². The lowest BCUT2D eigenvalue weighted by molar-refractivity contribution is 0.178. The molecule has 0 aromatic carbocycles. The van der Waals surface area contributed by atoms with E-state index in [1.807, 2.05) is 13.1 Å². The summed E-state index contributed by atoms with van der Waals surface area (Å²) >= 11 is 5.91. The Kier molecular flexibility index (Phi) is 4.11. The van der Waals surface area contributed by atoms with Crippen molar-refractivity contribution in [3.63, 3.8) is 0 Å². The maximum absolute atomic E-state index is 5.91. The van der Waals surface area contributed by atoms with Gasteiger partial charge in [0, 0.05) is 26.4 Å². The molecule has 2 aromatic rings. The third-order valence-electron chi connectivity index (χ3n) is 2.39. The first kappa shape index (κ1) is 12.8. The maximum Gasteiger partial charge on any atom is 0.158 e. The van der Waals surface area contributed by atoms with Gasteiger partial charge in [-0.05, 0) is 6.07 Å². The van der Waals surface area contributed by atoms with E-state index in [1.54, 1.807) is 24.1 Å². The molecule has 0 aliphatic rings. The third kappa shape index (κ3) is 3.18. The van der Waals surface area contributed by atoms with Crippen molar-refractivity contribution in [2.75, 3.05) is 12.4 Å². The molecule has 0 radical (unpaired) electrons. The molecule has 0 fully saturated rings. The summed E-state index contributed by atoms with van der Waals surface area (Å²) in [4.78, 5) is 8.35. The Morgan fingerprint density at radius 3 is 2.94 bits per heavy atom. The highest BCUT2D eigenvalue weighted by Crippen LogP contribution is 2.13. The van der Waals surface area contributed by atoms with Crippen molar-refractivity contribution in [1.82, 2.24) is 19.7 Å². The Balaban J connectivity index is 2.07. The third-order valence-corrected chi connectivity index (χ3v) is 2.58. The summed E-state index contributed by atoms with van der Waals surface area (Å²) in [7, 11) is 3.48. The van der Waals surface area contributed by atoms with Crippen LogP contribution in [0.5, 0.6) is 0 Å². The topological polar surface area (TPSA) is 64.9 Å². The number of ether oxygens (including phenoxy) is 1.